The zero-order valence-corrected chi connectivity index (χ0v) is 10.4. The molecular weight excluding hydrogens is 262 g/mol. The van der Waals surface area contributed by atoms with Gasteiger partial charge in [0.05, 0.1) is 4.92 Å². The quantitative estimate of drug-likeness (QED) is 0.456. The van der Waals surface area contributed by atoms with Gasteiger partial charge in [0, 0.05) is 19.2 Å². The van der Waals surface area contributed by atoms with Gasteiger partial charge in [0.25, 0.3) is 0 Å². The van der Waals surface area contributed by atoms with Gasteiger partial charge in [-0.15, -0.1) is 0 Å². The molecule has 2 heterocycles. The van der Waals surface area contributed by atoms with Gasteiger partial charge in [0.1, 0.15) is 23.8 Å². The Kier molecular flexibility index (Phi) is 4.18. The number of nitro groups is 1. The molecule has 0 amide bonds. The minimum absolute atomic E-state index is 0.0114. The van der Waals surface area contributed by atoms with Gasteiger partial charge >= 0.3 is 5.69 Å². The third-order valence-corrected chi connectivity index (χ3v) is 2.58. The van der Waals surface area contributed by atoms with Gasteiger partial charge in [-0.3, -0.25) is 15.2 Å². The predicted octanol–water partition coefficient (Wildman–Crippen LogP) is 1.02. The molecule has 2 aromatic heterocycles. The largest absolute Gasteiger partial charge is 0.364 e. The molecule has 2 aromatic rings. The van der Waals surface area contributed by atoms with Crippen molar-refractivity contribution in [3.05, 3.63) is 40.1 Å². The van der Waals surface area contributed by atoms with Crippen LogP contribution in [0, 0.1) is 21.4 Å². The summed E-state index contributed by atoms with van der Waals surface area (Å²) in [5, 5.41) is 29.1. The zero-order valence-electron chi connectivity index (χ0n) is 10.4. The Hall–Kier alpha value is -3.02. The van der Waals surface area contributed by atoms with Crippen LogP contribution in [0.5, 0.6) is 0 Å². The number of rotatable bonds is 6. The van der Waals surface area contributed by atoms with Crippen LogP contribution in [0.2, 0.25) is 0 Å². The molecule has 0 atom stereocenters. The number of pyridine rings is 1. The van der Waals surface area contributed by atoms with Crippen LogP contribution in [0.1, 0.15) is 17.8 Å². The fourth-order valence-electron chi connectivity index (χ4n) is 1.67. The molecule has 0 aliphatic rings. The van der Waals surface area contributed by atoms with Crippen molar-refractivity contribution in [2.45, 2.75) is 12.8 Å². The zero-order chi connectivity index (χ0) is 14.4. The van der Waals surface area contributed by atoms with Gasteiger partial charge in [-0.25, -0.2) is 9.97 Å². The minimum atomic E-state index is -0.607. The molecule has 0 radical (unpaired) electrons. The molecule has 0 aromatic carbocycles. The van der Waals surface area contributed by atoms with Crippen LogP contribution >= 0.6 is 0 Å². The van der Waals surface area contributed by atoms with Crippen LogP contribution in [0.3, 0.4) is 0 Å². The van der Waals surface area contributed by atoms with Crippen LogP contribution < -0.4 is 5.32 Å². The van der Waals surface area contributed by atoms with E-state index in [9.17, 15) is 10.1 Å². The third-order valence-electron chi connectivity index (χ3n) is 2.58. The summed E-state index contributed by atoms with van der Waals surface area (Å²) in [4.78, 5) is 18.2. The Bertz CT molecular complexity index is 633. The summed E-state index contributed by atoms with van der Waals surface area (Å²) in [5.41, 5.74) is -0.308. The highest BCUT2D eigenvalue weighted by Gasteiger charge is 2.20. The summed E-state index contributed by atoms with van der Waals surface area (Å²) in [7, 11) is 0. The highest BCUT2D eigenvalue weighted by Crippen LogP contribution is 2.25. The van der Waals surface area contributed by atoms with E-state index in [1.807, 2.05) is 0 Å². The number of nitriles is 1. The maximum atomic E-state index is 11.0. The van der Waals surface area contributed by atoms with Gasteiger partial charge < -0.3 is 5.32 Å². The van der Waals surface area contributed by atoms with Crippen molar-refractivity contribution in [3.8, 4) is 6.07 Å². The van der Waals surface area contributed by atoms with E-state index in [-0.39, 0.29) is 17.1 Å². The van der Waals surface area contributed by atoms with E-state index in [1.54, 1.807) is 6.07 Å². The van der Waals surface area contributed by atoms with Crippen molar-refractivity contribution < 1.29 is 4.92 Å². The van der Waals surface area contributed by atoms with Gasteiger partial charge in [-0.2, -0.15) is 10.4 Å². The van der Waals surface area contributed by atoms with Crippen molar-refractivity contribution >= 4 is 11.5 Å². The molecule has 102 valence electrons. The number of H-pyrrole nitrogens is 1. The second-order valence-electron chi connectivity index (χ2n) is 3.89. The second kappa shape index (κ2) is 6.24. The highest BCUT2D eigenvalue weighted by molar-refractivity contribution is 5.63. The Labute approximate surface area is 113 Å². The van der Waals surface area contributed by atoms with Crippen LogP contribution in [-0.4, -0.2) is 31.6 Å². The first kappa shape index (κ1) is 13.4. The van der Waals surface area contributed by atoms with E-state index < -0.39 is 4.92 Å². The molecule has 20 heavy (non-hydrogen) atoms. The van der Waals surface area contributed by atoms with E-state index in [2.05, 4.69) is 25.5 Å². The third kappa shape index (κ3) is 3.05. The molecule has 9 nitrogen and oxygen atoms in total. The van der Waals surface area contributed by atoms with Crippen molar-refractivity contribution in [2.75, 3.05) is 11.9 Å². The fourth-order valence-corrected chi connectivity index (χ4v) is 1.67. The molecule has 0 unspecified atom stereocenters. The van der Waals surface area contributed by atoms with Crippen LogP contribution in [0.25, 0.3) is 0 Å². The standard InChI is InChI=1S/C11H11N7O2/c12-6-8-3-5-14-11(10(8)18(19)20)13-4-1-2-9-15-7-16-17-9/h3,5,7H,1-2,4H2,(H,13,14)(H,15,16,17). The lowest BCUT2D eigenvalue weighted by molar-refractivity contribution is -0.384. The summed E-state index contributed by atoms with van der Waals surface area (Å²) in [5.74, 6) is 0.853. The van der Waals surface area contributed by atoms with Crippen molar-refractivity contribution in [3.63, 3.8) is 0 Å². The number of nitrogens with one attached hydrogen (secondary N) is 2. The summed E-state index contributed by atoms with van der Waals surface area (Å²) < 4.78 is 0. The van der Waals surface area contributed by atoms with Crippen LogP contribution in [-0.2, 0) is 6.42 Å². The molecule has 9 heteroatoms. The summed E-state index contributed by atoms with van der Waals surface area (Å²) in [6.07, 6.45) is 4.15. The fraction of sp³-hybridized carbons (Fsp3) is 0.273. The predicted molar refractivity (Wildman–Crippen MR) is 68.8 cm³/mol. The number of aryl methyl sites for hydroxylation is 1. The van der Waals surface area contributed by atoms with Crippen LogP contribution in [0.4, 0.5) is 11.5 Å². The van der Waals surface area contributed by atoms with E-state index in [4.69, 9.17) is 5.26 Å². The average molecular weight is 273 g/mol. The Balaban J connectivity index is 1.99. The lowest BCUT2D eigenvalue weighted by Gasteiger charge is -2.05. The molecule has 0 spiro atoms. The topological polar surface area (TPSA) is 133 Å². The molecule has 0 aliphatic heterocycles. The number of hydrogen-bond donors (Lipinski definition) is 2. The number of aromatic nitrogens is 4. The molecular formula is C11H11N7O2. The first-order valence-corrected chi connectivity index (χ1v) is 5.84. The molecule has 2 N–H and O–H groups in total. The molecule has 0 aliphatic carbocycles. The Morgan fingerprint density at radius 2 is 2.35 bits per heavy atom. The van der Waals surface area contributed by atoms with Gasteiger partial charge in [-0.1, -0.05) is 0 Å². The monoisotopic (exact) mass is 273 g/mol. The number of nitrogens with zero attached hydrogens (tertiary/aromatic N) is 5. The first-order chi connectivity index (χ1) is 9.72. The number of aromatic amines is 1. The number of anilines is 1. The van der Waals surface area contributed by atoms with Gasteiger partial charge in [0.15, 0.2) is 0 Å². The smallest absolute Gasteiger partial charge is 0.328 e. The lowest BCUT2D eigenvalue weighted by Crippen LogP contribution is -2.08. The van der Waals surface area contributed by atoms with Crippen molar-refractivity contribution in [1.82, 2.24) is 20.2 Å². The Morgan fingerprint density at radius 3 is 3.00 bits per heavy atom. The van der Waals surface area contributed by atoms with E-state index in [0.717, 1.165) is 5.82 Å². The Morgan fingerprint density at radius 1 is 1.50 bits per heavy atom. The minimum Gasteiger partial charge on any atom is -0.364 e. The summed E-state index contributed by atoms with van der Waals surface area (Å²) in [6, 6.07) is 3.10. The van der Waals surface area contributed by atoms with Gasteiger partial charge in [0.2, 0.25) is 5.82 Å². The first-order valence-electron chi connectivity index (χ1n) is 5.84. The second-order valence-corrected chi connectivity index (χ2v) is 3.89. The van der Waals surface area contributed by atoms with Crippen molar-refractivity contribution in [1.29, 1.82) is 5.26 Å². The molecule has 0 saturated carbocycles. The molecule has 2 rings (SSSR count). The number of hydrogen-bond acceptors (Lipinski definition) is 7. The summed E-state index contributed by atoms with van der Waals surface area (Å²) >= 11 is 0. The molecule has 0 saturated heterocycles. The molecule has 0 bridgehead atoms. The van der Waals surface area contributed by atoms with E-state index >= 15 is 0 Å². The van der Waals surface area contributed by atoms with Crippen molar-refractivity contribution in [2.24, 2.45) is 0 Å². The maximum absolute atomic E-state index is 11.0. The summed E-state index contributed by atoms with van der Waals surface area (Å²) in [6.45, 7) is 0.476. The van der Waals surface area contributed by atoms with E-state index in [0.29, 0.717) is 19.4 Å². The normalized spacial score (nSPS) is 9.95. The highest BCUT2D eigenvalue weighted by atomic mass is 16.6. The van der Waals surface area contributed by atoms with Crippen LogP contribution in [0.15, 0.2) is 18.6 Å². The van der Waals surface area contributed by atoms with Gasteiger partial charge in [-0.05, 0) is 12.5 Å². The SMILES string of the molecule is N#Cc1ccnc(NCCCc2ncn[nH]2)c1[N+](=O)[O-]. The maximum Gasteiger partial charge on any atom is 0.328 e. The lowest BCUT2D eigenvalue weighted by atomic mass is 10.2. The average Bonchev–Trinajstić information content (AvgIpc) is 2.96. The molecule has 0 fully saturated rings. The van der Waals surface area contributed by atoms with E-state index in [1.165, 1.54) is 18.6 Å².